The normalized spacial score (nSPS) is 16.3. The van der Waals surface area contributed by atoms with Gasteiger partial charge in [-0.25, -0.2) is 0 Å². The standard InChI is InChI=1S/C25H29N3OS/c1-4-18-5-7-19(8-6-18)20-15-24(30-17-20)25(29)26-21-9-11-22(12-10-21)28-14-13-23(16-28)27(2)3/h5-12,15,17,23H,4,13-14,16H2,1-3H3,(H,26,29). The van der Waals surface area contributed by atoms with Crippen LogP contribution in [0, 0.1) is 0 Å². The Morgan fingerprint density at radius 1 is 1.10 bits per heavy atom. The van der Waals surface area contributed by atoms with E-state index in [1.54, 1.807) is 0 Å². The van der Waals surface area contributed by atoms with E-state index < -0.39 is 0 Å². The minimum atomic E-state index is -0.0574. The second-order valence-corrected chi connectivity index (χ2v) is 9.01. The molecule has 1 N–H and O–H groups in total. The molecule has 0 saturated carbocycles. The van der Waals surface area contributed by atoms with E-state index in [0.717, 1.165) is 41.2 Å². The summed E-state index contributed by atoms with van der Waals surface area (Å²) in [4.78, 5) is 18.1. The van der Waals surface area contributed by atoms with Crippen molar-refractivity contribution in [1.82, 2.24) is 4.90 Å². The van der Waals surface area contributed by atoms with Crippen LogP contribution in [-0.4, -0.2) is 44.0 Å². The van der Waals surface area contributed by atoms with E-state index in [4.69, 9.17) is 0 Å². The maximum Gasteiger partial charge on any atom is 0.265 e. The van der Waals surface area contributed by atoms with Gasteiger partial charge in [-0.3, -0.25) is 4.79 Å². The molecule has 0 aliphatic carbocycles. The van der Waals surface area contributed by atoms with Crippen molar-refractivity contribution >= 4 is 28.6 Å². The second-order valence-electron chi connectivity index (χ2n) is 8.10. The molecule has 1 saturated heterocycles. The van der Waals surface area contributed by atoms with E-state index >= 15 is 0 Å². The average Bonchev–Trinajstić information content (AvgIpc) is 3.45. The SMILES string of the molecule is CCc1ccc(-c2csc(C(=O)Nc3ccc(N4CCC(N(C)C)C4)cc3)c2)cc1. The number of likely N-dealkylation sites (N-methyl/N-ethyl adjacent to an activating group) is 1. The minimum Gasteiger partial charge on any atom is -0.370 e. The zero-order chi connectivity index (χ0) is 21.1. The second kappa shape index (κ2) is 9.02. The van der Waals surface area contributed by atoms with Crippen molar-refractivity contribution in [2.75, 3.05) is 37.4 Å². The molecule has 2 aromatic carbocycles. The minimum absolute atomic E-state index is 0.0574. The van der Waals surface area contributed by atoms with Crippen molar-refractivity contribution in [2.24, 2.45) is 0 Å². The predicted molar refractivity (Wildman–Crippen MR) is 128 cm³/mol. The van der Waals surface area contributed by atoms with Crippen molar-refractivity contribution < 1.29 is 4.79 Å². The molecule has 1 aliphatic rings. The van der Waals surface area contributed by atoms with E-state index in [2.05, 4.69) is 72.5 Å². The molecule has 1 fully saturated rings. The fourth-order valence-electron chi connectivity index (χ4n) is 3.89. The average molecular weight is 420 g/mol. The van der Waals surface area contributed by atoms with Gasteiger partial charge in [0, 0.05) is 30.5 Å². The molecule has 4 nitrogen and oxygen atoms in total. The van der Waals surface area contributed by atoms with E-state index in [1.807, 2.05) is 23.6 Å². The van der Waals surface area contributed by atoms with E-state index in [-0.39, 0.29) is 5.91 Å². The molecule has 1 unspecified atom stereocenters. The summed E-state index contributed by atoms with van der Waals surface area (Å²) in [6.07, 6.45) is 2.22. The largest absolute Gasteiger partial charge is 0.370 e. The number of nitrogens with one attached hydrogen (secondary N) is 1. The van der Waals surface area contributed by atoms with Gasteiger partial charge in [-0.2, -0.15) is 0 Å². The first-order chi connectivity index (χ1) is 14.5. The zero-order valence-corrected chi connectivity index (χ0v) is 18.7. The Labute approximate surface area is 183 Å². The number of aryl methyl sites for hydroxylation is 1. The summed E-state index contributed by atoms with van der Waals surface area (Å²) in [5.74, 6) is -0.0574. The molecule has 1 atom stereocenters. The van der Waals surface area contributed by atoms with Crippen LogP contribution in [0.5, 0.6) is 0 Å². The summed E-state index contributed by atoms with van der Waals surface area (Å²) in [5, 5.41) is 5.08. The highest BCUT2D eigenvalue weighted by Crippen LogP contribution is 2.28. The third-order valence-corrected chi connectivity index (χ3v) is 6.83. The van der Waals surface area contributed by atoms with Gasteiger partial charge in [0.05, 0.1) is 4.88 Å². The fraction of sp³-hybridized carbons (Fsp3) is 0.320. The van der Waals surface area contributed by atoms with Crippen molar-refractivity contribution in [1.29, 1.82) is 0 Å². The summed E-state index contributed by atoms with van der Waals surface area (Å²) < 4.78 is 0. The number of rotatable bonds is 6. The van der Waals surface area contributed by atoms with Gasteiger partial charge in [-0.15, -0.1) is 11.3 Å². The number of hydrogen-bond donors (Lipinski definition) is 1. The smallest absolute Gasteiger partial charge is 0.265 e. The summed E-state index contributed by atoms with van der Waals surface area (Å²) in [6, 6.07) is 19.3. The van der Waals surface area contributed by atoms with Crippen LogP contribution >= 0.6 is 11.3 Å². The Kier molecular flexibility index (Phi) is 6.21. The van der Waals surface area contributed by atoms with Crippen molar-refractivity contribution in [3.05, 3.63) is 70.4 Å². The van der Waals surface area contributed by atoms with Gasteiger partial charge >= 0.3 is 0 Å². The van der Waals surface area contributed by atoms with Gasteiger partial charge in [0.25, 0.3) is 5.91 Å². The van der Waals surface area contributed by atoms with Gasteiger partial charge in [0.15, 0.2) is 0 Å². The summed E-state index contributed by atoms with van der Waals surface area (Å²) in [6.45, 7) is 4.28. The highest BCUT2D eigenvalue weighted by molar-refractivity contribution is 7.12. The van der Waals surface area contributed by atoms with Crippen LogP contribution in [0.4, 0.5) is 11.4 Å². The molecule has 1 aromatic heterocycles. The van der Waals surface area contributed by atoms with Crippen LogP contribution in [-0.2, 0) is 6.42 Å². The van der Waals surface area contributed by atoms with Crippen LogP contribution < -0.4 is 10.2 Å². The van der Waals surface area contributed by atoms with Gasteiger partial charge in [-0.1, -0.05) is 31.2 Å². The van der Waals surface area contributed by atoms with Gasteiger partial charge in [-0.05, 0) is 79.3 Å². The van der Waals surface area contributed by atoms with Crippen LogP contribution in [0.1, 0.15) is 28.6 Å². The summed E-state index contributed by atoms with van der Waals surface area (Å²) in [7, 11) is 4.28. The maximum atomic E-state index is 12.7. The van der Waals surface area contributed by atoms with Crippen LogP contribution in [0.25, 0.3) is 11.1 Å². The number of amides is 1. The number of hydrogen-bond acceptors (Lipinski definition) is 4. The molecule has 1 aliphatic heterocycles. The third-order valence-electron chi connectivity index (χ3n) is 5.90. The Balaban J connectivity index is 1.39. The zero-order valence-electron chi connectivity index (χ0n) is 17.9. The highest BCUT2D eigenvalue weighted by atomic mass is 32.1. The molecule has 1 amide bonds. The highest BCUT2D eigenvalue weighted by Gasteiger charge is 2.24. The van der Waals surface area contributed by atoms with Gasteiger partial charge in [0.1, 0.15) is 0 Å². The lowest BCUT2D eigenvalue weighted by molar-refractivity contribution is 0.103. The number of benzene rings is 2. The number of anilines is 2. The van der Waals surface area contributed by atoms with E-state index in [0.29, 0.717) is 6.04 Å². The Morgan fingerprint density at radius 2 is 1.83 bits per heavy atom. The Bertz CT molecular complexity index is 992. The van der Waals surface area contributed by atoms with Crippen molar-refractivity contribution in [3.63, 3.8) is 0 Å². The molecule has 4 rings (SSSR count). The topological polar surface area (TPSA) is 35.6 Å². The number of thiophene rings is 1. The van der Waals surface area contributed by atoms with E-state index in [9.17, 15) is 4.79 Å². The summed E-state index contributed by atoms with van der Waals surface area (Å²) in [5.41, 5.74) is 5.60. The van der Waals surface area contributed by atoms with E-state index in [1.165, 1.54) is 29.0 Å². The lowest BCUT2D eigenvalue weighted by Gasteiger charge is -2.22. The molecule has 5 heteroatoms. The number of nitrogens with zero attached hydrogens (tertiary/aromatic N) is 2. The van der Waals surface area contributed by atoms with Crippen LogP contribution in [0.2, 0.25) is 0 Å². The van der Waals surface area contributed by atoms with Crippen LogP contribution in [0.3, 0.4) is 0 Å². The molecule has 0 radical (unpaired) electrons. The van der Waals surface area contributed by atoms with Gasteiger partial charge < -0.3 is 15.1 Å². The fourth-order valence-corrected chi connectivity index (χ4v) is 4.70. The Morgan fingerprint density at radius 3 is 2.47 bits per heavy atom. The molecule has 3 aromatic rings. The molecular weight excluding hydrogens is 390 g/mol. The molecule has 30 heavy (non-hydrogen) atoms. The quantitative estimate of drug-likeness (QED) is 0.583. The first kappa shape index (κ1) is 20.6. The predicted octanol–water partition coefficient (Wildman–Crippen LogP) is 5.37. The summed E-state index contributed by atoms with van der Waals surface area (Å²) >= 11 is 1.48. The lowest BCUT2D eigenvalue weighted by Crippen LogP contribution is -2.31. The maximum absolute atomic E-state index is 12.7. The number of carbonyl (C=O) groups is 1. The molecular formula is C25H29N3OS. The number of carbonyl (C=O) groups excluding carboxylic acids is 1. The molecule has 2 heterocycles. The molecule has 0 spiro atoms. The molecule has 0 bridgehead atoms. The first-order valence-corrected chi connectivity index (χ1v) is 11.4. The first-order valence-electron chi connectivity index (χ1n) is 10.5. The Hall–Kier alpha value is -2.63. The lowest BCUT2D eigenvalue weighted by atomic mass is 10.1. The monoisotopic (exact) mass is 419 g/mol. The van der Waals surface area contributed by atoms with Gasteiger partial charge in [0.2, 0.25) is 0 Å². The third kappa shape index (κ3) is 4.58. The molecule has 156 valence electrons. The van der Waals surface area contributed by atoms with Crippen molar-refractivity contribution in [3.8, 4) is 11.1 Å². The van der Waals surface area contributed by atoms with Crippen LogP contribution in [0.15, 0.2) is 60.0 Å². The van der Waals surface area contributed by atoms with Crippen molar-refractivity contribution in [2.45, 2.75) is 25.8 Å².